The van der Waals surface area contributed by atoms with Crippen molar-refractivity contribution in [1.29, 1.82) is 0 Å². The van der Waals surface area contributed by atoms with Crippen LogP contribution in [0.25, 0.3) is 0 Å². The van der Waals surface area contributed by atoms with Crippen LogP contribution < -0.4 is 9.64 Å². The third-order valence-electron chi connectivity index (χ3n) is 3.58. The second-order valence-electron chi connectivity index (χ2n) is 5.18. The molecule has 0 N–H and O–H groups in total. The molecule has 8 heteroatoms. The quantitative estimate of drug-likeness (QED) is 0.849. The third kappa shape index (κ3) is 3.67. The Morgan fingerprint density at radius 3 is 2.70 bits per heavy atom. The van der Waals surface area contributed by atoms with Crippen molar-refractivity contribution >= 4 is 17.3 Å². The topological polar surface area (TPSA) is 38.2 Å². The molecule has 1 atom stereocenters. The first kappa shape index (κ1) is 15.9. The van der Waals surface area contributed by atoms with Crippen molar-refractivity contribution in [2.45, 2.75) is 18.7 Å². The second kappa shape index (κ2) is 6.23. The highest BCUT2D eigenvalue weighted by molar-refractivity contribution is 6.31. The molecule has 1 fully saturated rings. The number of rotatable bonds is 3. The van der Waals surface area contributed by atoms with Crippen LogP contribution in [0.3, 0.4) is 0 Å². The van der Waals surface area contributed by atoms with Crippen molar-refractivity contribution in [3.8, 4) is 5.75 Å². The normalized spacial score (nSPS) is 18.3. The predicted molar refractivity (Wildman–Crippen MR) is 79.7 cm³/mol. The summed E-state index contributed by atoms with van der Waals surface area (Å²) in [5, 5.41) is 0.433. The number of hydrogen-bond donors (Lipinski definition) is 0. The molecule has 1 saturated heterocycles. The number of anilines is 1. The molecule has 4 nitrogen and oxygen atoms in total. The fourth-order valence-corrected chi connectivity index (χ4v) is 2.60. The maximum atomic E-state index is 12.5. The Bertz CT molecular complexity index is 678. The van der Waals surface area contributed by atoms with E-state index in [1.807, 2.05) is 4.90 Å². The summed E-state index contributed by atoms with van der Waals surface area (Å²) in [5.74, 6) is 0.555. The third-order valence-corrected chi connectivity index (χ3v) is 3.86. The Hall–Kier alpha value is -2.02. The van der Waals surface area contributed by atoms with E-state index in [1.165, 1.54) is 18.5 Å². The zero-order valence-electron chi connectivity index (χ0n) is 11.9. The van der Waals surface area contributed by atoms with Crippen molar-refractivity contribution in [1.82, 2.24) is 9.97 Å². The number of hydrogen-bond acceptors (Lipinski definition) is 4. The number of pyridine rings is 2. The van der Waals surface area contributed by atoms with Crippen LogP contribution in [0.5, 0.6) is 5.75 Å². The average Bonchev–Trinajstić information content (AvgIpc) is 2.97. The van der Waals surface area contributed by atoms with Gasteiger partial charge in [0.2, 0.25) is 0 Å². The Morgan fingerprint density at radius 1 is 1.22 bits per heavy atom. The highest BCUT2D eigenvalue weighted by atomic mass is 35.5. The van der Waals surface area contributed by atoms with Crippen molar-refractivity contribution in [2.75, 3.05) is 18.0 Å². The minimum Gasteiger partial charge on any atom is -0.487 e. The van der Waals surface area contributed by atoms with E-state index < -0.39 is 11.9 Å². The van der Waals surface area contributed by atoms with E-state index in [-0.39, 0.29) is 6.10 Å². The van der Waals surface area contributed by atoms with Crippen molar-refractivity contribution in [2.24, 2.45) is 0 Å². The van der Waals surface area contributed by atoms with E-state index in [4.69, 9.17) is 16.3 Å². The molecule has 1 aliphatic heterocycles. The highest BCUT2D eigenvalue weighted by Crippen LogP contribution is 2.30. The summed E-state index contributed by atoms with van der Waals surface area (Å²) in [6.45, 7) is 1.24. The van der Waals surface area contributed by atoms with Gasteiger partial charge in [0.1, 0.15) is 22.6 Å². The van der Waals surface area contributed by atoms with Gasteiger partial charge in [-0.3, -0.25) is 4.98 Å². The van der Waals surface area contributed by atoms with Crippen LogP contribution in [0.2, 0.25) is 5.02 Å². The van der Waals surface area contributed by atoms with Crippen molar-refractivity contribution in [3.63, 3.8) is 0 Å². The number of aromatic nitrogens is 2. The van der Waals surface area contributed by atoms with Crippen LogP contribution in [0.15, 0.2) is 36.8 Å². The molecule has 0 spiro atoms. The van der Waals surface area contributed by atoms with Gasteiger partial charge < -0.3 is 9.64 Å². The summed E-state index contributed by atoms with van der Waals surface area (Å²) < 4.78 is 43.4. The largest absolute Gasteiger partial charge is 0.487 e. The Morgan fingerprint density at radius 2 is 2.04 bits per heavy atom. The van der Waals surface area contributed by atoms with Crippen LogP contribution in [-0.2, 0) is 6.18 Å². The number of alkyl halides is 3. The molecule has 3 rings (SSSR count). The van der Waals surface area contributed by atoms with E-state index in [0.29, 0.717) is 29.5 Å². The van der Waals surface area contributed by atoms with E-state index in [2.05, 4.69) is 9.97 Å². The minimum absolute atomic E-state index is 0.0859. The highest BCUT2D eigenvalue weighted by Gasteiger charge is 2.32. The fourth-order valence-electron chi connectivity index (χ4n) is 2.44. The lowest BCUT2D eigenvalue weighted by atomic mass is 10.3. The van der Waals surface area contributed by atoms with Crippen LogP contribution in [0.4, 0.5) is 18.9 Å². The van der Waals surface area contributed by atoms with Gasteiger partial charge in [-0.1, -0.05) is 11.6 Å². The lowest BCUT2D eigenvalue weighted by molar-refractivity contribution is -0.141. The molecule has 2 aromatic rings. The number of nitrogens with zero attached hydrogens (tertiary/aromatic N) is 3. The van der Waals surface area contributed by atoms with Gasteiger partial charge >= 0.3 is 6.18 Å². The molecule has 23 heavy (non-hydrogen) atoms. The van der Waals surface area contributed by atoms with Crippen LogP contribution in [0.1, 0.15) is 12.1 Å². The summed E-state index contributed by atoms with van der Waals surface area (Å²) in [5.41, 5.74) is -0.248. The smallest absolute Gasteiger partial charge is 0.433 e. The summed E-state index contributed by atoms with van der Waals surface area (Å²) in [4.78, 5) is 9.31. The SMILES string of the molecule is FC(F)(F)c1ccc(N2CCC(Oc3ccncc3Cl)C2)cn1. The zero-order chi connectivity index (χ0) is 16.4. The van der Waals surface area contributed by atoms with Gasteiger partial charge in [-0.2, -0.15) is 13.2 Å². The lowest BCUT2D eigenvalue weighted by Crippen LogP contribution is -2.24. The van der Waals surface area contributed by atoms with Crippen molar-refractivity contribution < 1.29 is 17.9 Å². The summed E-state index contributed by atoms with van der Waals surface area (Å²) in [6.07, 6.45) is 0.575. The standard InChI is InChI=1S/C15H13ClF3N3O/c16-12-8-20-5-3-13(12)23-11-4-6-22(9-11)10-1-2-14(21-7-10)15(17,18)19/h1-3,5,7-8,11H,4,6,9H2. The molecular formula is C15H13ClF3N3O. The predicted octanol–water partition coefficient (Wildman–Crippen LogP) is 3.81. The lowest BCUT2D eigenvalue weighted by Gasteiger charge is -2.19. The monoisotopic (exact) mass is 343 g/mol. The van der Waals surface area contributed by atoms with Gasteiger partial charge in [-0.05, 0) is 12.1 Å². The molecule has 0 bridgehead atoms. The van der Waals surface area contributed by atoms with Gasteiger partial charge in [-0.25, -0.2) is 4.98 Å². The molecule has 1 aliphatic rings. The summed E-state index contributed by atoms with van der Waals surface area (Å²) in [6, 6.07) is 4.10. The fraction of sp³-hybridized carbons (Fsp3) is 0.333. The van der Waals surface area contributed by atoms with Gasteiger partial charge in [0.15, 0.2) is 0 Å². The number of ether oxygens (including phenoxy) is 1. The molecule has 0 aliphatic carbocycles. The zero-order valence-corrected chi connectivity index (χ0v) is 12.7. The molecule has 3 heterocycles. The molecule has 0 amide bonds. The van der Waals surface area contributed by atoms with E-state index >= 15 is 0 Å². The first-order valence-corrected chi connectivity index (χ1v) is 7.35. The Balaban J connectivity index is 1.65. The van der Waals surface area contributed by atoms with Gasteiger partial charge in [0.25, 0.3) is 0 Å². The van der Waals surface area contributed by atoms with Gasteiger partial charge in [0.05, 0.1) is 18.4 Å². The molecule has 0 saturated carbocycles. The minimum atomic E-state index is -4.42. The molecule has 2 aromatic heterocycles. The molecule has 1 unspecified atom stereocenters. The van der Waals surface area contributed by atoms with Crippen LogP contribution in [0, 0.1) is 0 Å². The first-order chi connectivity index (χ1) is 10.9. The van der Waals surface area contributed by atoms with Gasteiger partial charge in [-0.15, -0.1) is 0 Å². The Labute approximate surface area is 135 Å². The first-order valence-electron chi connectivity index (χ1n) is 6.98. The maximum absolute atomic E-state index is 12.5. The molecule has 122 valence electrons. The molecule has 0 aromatic carbocycles. The van der Waals surface area contributed by atoms with E-state index in [9.17, 15) is 13.2 Å². The summed E-state index contributed by atoms with van der Waals surface area (Å²) in [7, 11) is 0. The Kier molecular flexibility index (Phi) is 4.30. The van der Waals surface area contributed by atoms with E-state index in [0.717, 1.165) is 12.5 Å². The number of halogens is 4. The average molecular weight is 344 g/mol. The maximum Gasteiger partial charge on any atom is 0.433 e. The van der Waals surface area contributed by atoms with Crippen molar-refractivity contribution in [3.05, 3.63) is 47.5 Å². The molecule has 0 radical (unpaired) electrons. The van der Waals surface area contributed by atoms with Crippen LogP contribution in [-0.4, -0.2) is 29.2 Å². The van der Waals surface area contributed by atoms with E-state index in [1.54, 1.807) is 12.3 Å². The second-order valence-corrected chi connectivity index (χ2v) is 5.59. The molecular weight excluding hydrogens is 331 g/mol. The summed E-state index contributed by atoms with van der Waals surface area (Å²) >= 11 is 6.00. The van der Waals surface area contributed by atoms with Gasteiger partial charge in [0, 0.05) is 31.4 Å². The van der Waals surface area contributed by atoms with Crippen LogP contribution >= 0.6 is 11.6 Å².